The van der Waals surface area contributed by atoms with E-state index < -0.39 is 0 Å². The van der Waals surface area contributed by atoms with Crippen LogP contribution in [-0.2, 0) is 4.79 Å². The van der Waals surface area contributed by atoms with Crippen molar-refractivity contribution < 1.29 is 4.79 Å². The van der Waals surface area contributed by atoms with Crippen molar-refractivity contribution in [2.45, 2.75) is 12.5 Å². The Balaban J connectivity index is 0.00000112. The molecule has 3 nitrogen and oxygen atoms in total. The summed E-state index contributed by atoms with van der Waals surface area (Å²) in [6.07, 6.45) is 0.940. The quantitative estimate of drug-likeness (QED) is 0.810. The van der Waals surface area contributed by atoms with Crippen molar-refractivity contribution >= 4 is 46.6 Å². The molecule has 5 heteroatoms. The molecule has 0 spiro atoms. The molecule has 0 bridgehead atoms. The molecule has 1 aliphatic rings. The van der Waals surface area contributed by atoms with E-state index in [1.807, 2.05) is 24.3 Å². The molecule has 1 amide bonds. The zero-order valence-corrected chi connectivity index (χ0v) is 11.0. The minimum atomic E-state index is 0. The van der Waals surface area contributed by atoms with Gasteiger partial charge in [0.05, 0.1) is 6.04 Å². The monoisotopic (exact) mass is 338 g/mol. The Labute approximate surface area is 109 Å². The number of hydrogen-bond donors (Lipinski definition) is 2. The van der Waals surface area contributed by atoms with E-state index >= 15 is 0 Å². The van der Waals surface area contributed by atoms with E-state index in [1.165, 1.54) is 0 Å². The first-order chi connectivity index (χ1) is 6.75. The number of halogens is 2. The standard InChI is InChI=1S/C10H11IN2O.ClH/c11-7-2-1-3-8(6-7)13-10(14)9-4-5-12-9;/h1-3,6,9,12H,4-5H2,(H,13,14);1H/t9-;/m1./s1. The first-order valence-corrected chi connectivity index (χ1v) is 5.63. The van der Waals surface area contributed by atoms with Gasteiger partial charge in [0.2, 0.25) is 5.91 Å². The van der Waals surface area contributed by atoms with Gasteiger partial charge in [0, 0.05) is 9.26 Å². The average Bonchev–Trinajstić information content (AvgIpc) is 1.99. The molecule has 0 aromatic heterocycles. The molecule has 2 N–H and O–H groups in total. The van der Waals surface area contributed by atoms with Crippen LogP contribution in [0.1, 0.15) is 6.42 Å². The molecule has 1 atom stereocenters. The zero-order valence-electron chi connectivity index (χ0n) is 8.00. The first kappa shape index (κ1) is 12.7. The van der Waals surface area contributed by atoms with E-state index in [-0.39, 0.29) is 24.4 Å². The van der Waals surface area contributed by atoms with Crippen molar-refractivity contribution in [1.29, 1.82) is 0 Å². The summed E-state index contributed by atoms with van der Waals surface area (Å²) in [5, 5.41) is 5.94. The largest absolute Gasteiger partial charge is 0.325 e. The van der Waals surface area contributed by atoms with Gasteiger partial charge in [-0.1, -0.05) is 6.07 Å². The van der Waals surface area contributed by atoms with Crippen molar-refractivity contribution in [3.05, 3.63) is 27.8 Å². The topological polar surface area (TPSA) is 41.1 Å². The van der Waals surface area contributed by atoms with Crippen LogP contribution in [0.15, 0.2) is 24.3 Å². The number of rotatable bonds is 2. The van der Waals surface area contributed by atoms with Gasteiger partial charge in [-0.15, -0.1) is 12.4 Å². The Morgan fingerprint density at radius 3 is 2.80 bits per heavy atom. The van der Waals surface area contributed by atoms with Crippen LogP contribution in [0.3, 0.4) is 0 Å². The molecule has 0 saturated carbocycles. The number of anilines is 1. The van der Waals surface area contributed by atoms with Crippen molar-refractivity contribution in [3.8, 4) is 0 Å². The maximum atomic E-state index is 11.5. The van der Waals surface area contributed by atoms with Gasteiger partial charge < -0.3 is 10.6 Å². The Bertz CT molecular complexity index is 355. The van der Waals surface area contributed by atoms with Crippen molar-refractivity contribution in [2.75, 3.05) is 11.9 Å². The summed E-state index contributed by atoms with van der Waals surface area (Å²) in [6.45, 7) is 0.949. The number of carbonyl (C=O) groups is 1. The number of amides is 1. The molecule has 0 aliphatic carbocycles. The number of benzene rings is 1. The van der Waals surface area contributed by atoms with Gasteiger partial charge in [-0.3, -0.25) is 4.79 Å². The van der Waals surface area contributed by atoms with E-state index in [1.54, 1.807) is 0 Å². The lowest BCUT2D eigenvalue weighted by atomic mass is 10.1. The maximum Gasteiger partial charge on any atom is 0.241 e. The molecular weight excluding hydrogens is 326 g/mol. The molecule has 1 aliphatic heterocycles. The highest BCUT2D eigenvalue weighted by atomic mass is 127. The van der Waals surface area contributed by atoms with Crippen molar-refractivity contribution in [1.82, 2.24) is 5.32 Å². The Kier molecular flexibility index (Phi) is 4.82. The van der Waals surface area contributed by atoms with Crippen molar-refractivity contribution in [3.63, 3.8) is 0 Å². The lowest BCUT2D eigenvalue weighted by Crippen LogP contribution is -2.50. The van der Waals surface area contributed by atoms with E-state index in [9.17, 15) is 4.79 Å². The molecule has 82 valence electrons. The van der Waals surface area contributed by atoms with Gasteiger partial charge in [-0.05, 0) is 53.8 Å². The Morgan fingerprint density at radius 1 is 1.53 bits per heavy atom. The van der Waals surface area contributed by atoms with Crippen LogP contribution in [0.4, 0.5) is 5.69 Å². The van der Waals surface area contributed by atoms with Crippen LogP contribution < -0.4 is 10.6 Å². The highest BCUT2D eigenvalue weighted by Crippen LogP contribution is 2.13. The third-order valence-electron chi connectivity index (χ3n) is 2.23. The second-order valence-electron chi connectivity index (χ2n) is 3.29. The normalized spacial score (nSPS) is 18.6. The predicted molar refractivity (Wildman–Crippen MR) is 71.4 cm³/mol. The highest BCUT2D eigenvalue weighted by Gasteiger charge is 2.24. The molecule has 1 saturated heterocycles. The van der Waals surface area contributed by atoms with E-state index in [0.717, 1.165) is 22.2 Å². The lowest BCUT2D eigenvalue weighted by molar-refractivity contribution is -0.119. The number of hydrogen-bond acceptors (Lipinski definition) is 2. The van der Waals surface area contributed by atoms with Crippen molar-refractivity contribution in [2.24, 2.45) is 0 Å². The average molecular weight is 339 g/mol. The van der Waals surface area contributed by atoms with Gasteiger partial charge in [-0.2, -0.15) is 0 Å². The fourth-order valence-corrected chi connectivity index (χ4v) is 1.85. The molecule has 1 heterocycles. The minimum absolute atomic E-state index is 0. The van der Waals surface area contributed by atoms with Gasteiger partial charge in [-0.25, -0.2) is 0 Å². The van der Waals surface area contributed by atoms with Crippen LogP contribution in [0.25, 0.3) is 0 Å². The van der Waals surface area contributed by atoms with Gasteiger partial charge in [0.25, 0.3) is 0 Å². The molecule has 0 radical (unpaired) electrons. The number of carbonyl (C=O) groups excluding carboxylic acids is 1. The van der Waals surface area contributed by atoms with Gasteiger partial charge in [0.1, 0.15) is 0 Å². The van der Waals surface area contributed by atoms with E-state index in [0.29, 0.717) is 0 Å². The molecule has 15 heavy (non-hydrogen) atoms. The third-order valence-corrected chi connectivity index (χ3v) is 2.90. The zero-order chi connectivity index (χ0) is 9.97. The van der Waals surface area contributed by atoms with Crippen LogP contribution in [0.5, 0.6) is 0 Å². The second kappa shape index (κ2) is 5.67. The fourth-order valence-electron chi connectivity index (χ4n) is 1.31. The molecule has 2 rings (SSSR count). The van der Waals surface area contributed by atoms with E-state index in [2.05, 4.69) is 33.2 Å². The fraction of sp³-hybridized carbons (Fsp3) is 0.300. The molecule has 0 unspecified atom stereocenters. The maximum absolute atomic E-state index is 11.5. The molecule has 1 aromatic rings. The molecule has 1 fully saturated rings. The Morgan fingerprint density at radius 2 is 2.27 bits per heavy atom. The summed E-state index contributed by atoms with van der Waals surface area (Å²) in [5.41, 5.74) is 0.871. The lowest BCUT2D eigenvalue weighted by Gasteiger charge is -2.26. The summed E-state index contributed by atoms with van der Waals surface area (Å²) in [7, 11) is 0. The van der Waals surface area contributed by atoms with Gasteiger partial charge >= 0.3 is 0 Å². The minimum Gasteiger partial charge on any atom is -0.325 e. The summed E-state index contributed by atoms with van der Waals surface area (Å²) >= 11 is 2.23. The predicted octanol–water partition coefficient (Wildman–Crippen LogP) is 2.01. The number of nitrogens with one attached hydrogen (secondary N) is 2. The summed E-state index contributed by atoms with van der Waals surface area (Å²) in [4.78, 5) is 11.5. The summed E-state index contributed by atoms with van der Waals surface area (Å²) in [6, 6.07) is 7.80. The van der Waals surface area contributed by atoms with Crippen LogP contribution in [-0.4, -0.2) is 18.5 Å². The second-order valence-corrected chi connectivity index (χ2v) is 4.54. The first-order valence-electron chi connectivity index (χ1n) is 4.55. The van der Waals surface area contributed by atoms with Crippen LogP contribution in [0.2, 0.25) is 0 Å². The SMILES string of the molecule is Cl.O=C(Nc1cccc(I)c1)[C@H]1CCN1. The third kappa shape index (κ3) is 3.32. The smallest absolute Gasteiger partial charge is 0.241 e. The molecular formula is C10H12ClIN2O. The van der Waals surface area contributed by atoms with Crippen LogP contribution >= 0.6 is 35.0 Å². The summed E-state index contributed by atoms with van der Waals surface area (Å²) < 4.78 is 1.13. The van der Waals surface area contributed by atoms with E-state index in [4.69, 9.17) is 0 Å². The summed E-state index contributed by atoms with van der Waals surface area (Å²) in [5.74, 6) is 0.0678. The highest BCUT2D eigenvalue weighted by molar-refractivity contribution is 14.1. The van der Waals surface area contributed by atoms with Gasteiger partial charge in [0.15, 0.2) is 0 Å². The Hall–Kier alpha value is -0.330. The van der Waals surface area contributed by atoms with Crippen LogP contribution in [0, 0.1) is 3.57 Å². The molecule has 1 aromatic carbocycles.